The highest BCUT2D eigenvalue weighted by Crippen LogP contribution is 2.61. The van der Waals surface area contributed by atoms with Crippen LogP contribution < -0.4 is 5.32 Å². The number of Topliss-reactive ketones (excluding diaryl/α,β-unsaturated/α-hetero) is 1. The summed E-state index contributed by atoms with van der Waals surface area (Å²) in [5.74, 6) is -0.911. The lowest BCUT2D eigenvalue weighted by atomic mass is 9.68. The van der Waals surface area contributed by atoms with Gasteiger partial charge in [0, 0.05) is 28.8 Å². The molecule has 6 heteroatoms. The maximum Gasteiger partial charge on any atom is 0.250 e. The number of nitrogens with one attached hydrogen (secondary N) is 1. The largest absolute Gasteiger partial charge is 0.324 e. The second-order valence-electron chi connectivity index (χ2n) is 9.58. The van der Waals surface area contributed by atoms with E-state index in [0.717, 1.165) is 41.8 Å². The van der Waals surface area contributed by atoms with Crippen LogP contribution in [0.5, 0.6) is 0 Å². The second-order valence-corrected chi connectivity index (χ2v) is 10.4. The van der Waals surface area contributed by atoms with E-state index >= 15 is 0 Å². The third-order valence-corrected chi connectivity index (χ3v) is 8.57. The Morgan fingerprint density at radius 3 is 2.59 bits per heavy atom. The summed E-state index contributed by atoms with van der Waals surface area (Å²) in [6.45, 7) is 2.80. The van der Waals surface area contributed by atoms with Gasteiger partial charge < -0.3 is 5.32 Å². The summed E-state index contributed by atoms with van der Waals surface area (Å²) in [5, 5.41) is 3.86. The van der Waals surface area contributed by atoms with E-state index in [1.54, 1.807) is 18.2 Å². The molecular weight excluding hydrogens is 467 g/mol. The average molecular weight is 491 g/mol. The minimum atomic E-state index is -1.06. The van der Waals surface area contributed by atoms with Gasteiger partial charge in [0.15, 0.2) is 5.78 Å². The Balaban J connectivity index is 1.62. The van der Waals surface area contributed by atoms with Crippen molar-refractivity contribution in [3.63, 3.8) is 0 Å². The van der Waals surface area contributed by atoms with Gasteiger partial charge in [-0.15, -0.1) is 0 Å². The fourth-order valence-corrected chi connectivity index (χ4v) is 6.85. The molecule has 6 rings (SSSR count). The van der Waals surface area contributed by atoms with Crippen LogP contribution in [0.1, 0.15) is 45.8 Å². The zero-order valence-corrected chi connectivity index (χ0v) is 20.2. The first kappa shape index (κ1) is 21.8. The highest BCUT2D eigenvalue weighted by atomic mass is 35.5. The molecule has 0 radical (unpaired) electrons. The van der Waals surface area contributed by atoms with Crippen molar-refractivity contribution in [2.24, 2.45) is 5.92 Å². The Kier molecular flexibility index (Phi) is 5.10. The number of carbonyl (C=O) groups is 2. The normalized spacial score (nSPS) is 27.6. The van der Waals surface area contributed by atoms with E-state index in [-0.39, 0.29) is 23.7 Å². The Bertz CT molecular complexity index is 1330. The van der Waals surface area contributed by atoms with Gasteiger partial charge in [-0.1, -0.05) is 71.2 Å². The quantitative estimate of drug-likeness (QED) is 0.444. The summed E-state index contributed by atoms with van der Waals surface area (Å²) in [5.41, 5.74) is 3.27. The van der Waals surface area contributed by atoms with Crippen LogP contribution in [-0.4, -0.2) is 29.2 Å². The highest BCUT2D eigenvalue weighted by Gasteiger charge is 2.69. The van der Waals surface area contributed by atoms with Crippen LogP contribution in [0.3, 0.4) is 0 Å². The molecule has 1 spiro atoms. The molecule has 2 saturated heterocycles. The van der Waals surface area contributed by atoms with Crippen LogP contribution in [0.2, 0.25) is 10.0 Å². The fourth-order valence-electron chi connectivity index (χ4n) is 6.55. The summed E-state index contributed by atoms with van der Waals surface area (Å²) in [7, 11) is 0. The molecule has 3 unspecified atom stereocenters. The number of benzene rings is 3. The summed E-state index contributed by atoms with van der Waals surface area (Å²) in [4.78, 5) is 30.7. The van der Waals surface area contributed by atoms with Gasteiger partial charge in [-0.25, -0.2) is 0 Å². The Hall–Kier alpha value is -2.66. The lowest BCUT2D eigenvalue weighted by Crippen LogP contribution is -2.52. The molecule has 3 aliphatic heterocycles. The molecule has 1 amide bonds. The molecule has 0 aliphatic carbocycles. The Morgan fingerprint density at radius 1 is 1.03 bits per heavy atom. The first-order valence-corrected chi connectivity index (χ1v) is 12.4. The number of hydrogen-bond acceptors (Lipinski definition) is 3. The topological polar surface area (TPSA) is 49.4 Å². The number of anilines is 1. The Labute approximate surface area is 208 Å². The van der Waals surface area contributed by atoms with Gasteiger partial charge in [-0.2, -0.15) is 0 Å². The van der Waals surface area contributed by atoms with Gasteiger partial charge in [0.2, 0.25) is 5.91 Å². The number of fused-ring (bicyclic) bond motifs is 4. The monoisotopic (exact) mass is 490 g/mol. The molecule has 172 valence electrons. The number of ketones is 1. The van der Waals surface area contributed by atoms with E-state index in [4.69, 9.17) is 23.2 Å². The van der Waals surface area contributed by atoms with E-state index in [1.165, 1.54) is 0 Å². The molecule has 4 atom stereocenters. The maximum absolute atomic E-state index is 14.4. The number of amides is 1. The van der Waals surface area contributed by atoms with Gasteiger partial charge in [-0.3, -0.25) is 14.5 Å². The van der Waals surface area contributed by atoms with E-state index in [2.05, 4.69) is 28.4 Å². The number of rotatable bonds is 3. The molecule has 3 aromatic carbocycles. The minimum absolute atomic E-state index is 0.0775. The lowest BCUT2D eigenvalue weighted by Gasteiger charge is -2.37. The van der Waals surface area contributed by atoms with Gasteiger partial charge in [0.1, 0.15) is 5.54 Å². The van der Waals surface area contributed by atoms with Crippen molar-refractivity contribution in [3.8, 4) is 0 Å². The van der Waals surface area contributed by atoms with Gasteiger partial charge in [0.25, 0.3) is 0 Å². The first-order chi connectivity index (χ1) is 16.4. The standard InChI is InChI=1S/C28H24Cl2N2O2/c1-16-9-12-22-19(14-16)28(27(34)31-22)25(26(33)18-10-11-20(29)21(30)15-18)24(17-6-3-2-4-7-17)23-8-5-13-32(23)28/h2-4,6-7,9-12,14-15,23-25H,5,8,13H2,1H3,(H,31,34)/t23?,24?,25?,28-/m1/s1. The molecule has 4 nitrogen and oxygen atoms in total. The number of nitrogens with zero attached hydrogens (tertiary/aromatic N) is 1. The highest BCUT2D eigenvalue weighted by molar-refractivity contribution is 6.42. The van der Waals surface area contributed by atoms with Crippen LogP contribution in [-0.2, 0) is 10.3 Å². The van der Waals surface area contributed by atoms with Gasteiger partial charge in [-0.05, 0) is 56.1 Å². The number of aryl methyl sites for hydroxylation is 1. The molecule has 34 heavy (non-hydrogen) atoms. The van der Waals surface area contributed by atoms with Crippen LogP contribution in [0.4, 0.5) is 5.69 Å². The van der Waals surface area contributed by atoms with Crippen molar-refractivity contribution >= 4 is 40.6 Å². The fraction of sp³-hybridized carbons (Fsp3) is 0.286. The van der Waals surface area contributed by atoms with Crippen molar-refractivity contribution in [2.45, 2.75) is 37.3 Å². The van der Waals surface area contributed by atoms with E-state index in [0.29, 0.717) is 15.6 Å². The molecule has 0 bridgehead atoms. The zero-order valence-electron chi connectivity index (χ0n) is 18.7. The van der Waals surface area contributed by atoms with Crippen molar-refractivity contribution in [1.82, 2.24) is 4.90 Å². The first-order valence-electron chi connectivity index (χ1n) is 11.7. The van der Waals surface area contributed by atoms with Gasteiger partial charge in [0.05, 0.1) is 16.0 Å². The van der Waals surface area contributed by atoms with Crippen molar-refractivity contribution in [2.75, 3.05) is 11.9 Å². The second kappa shape index (κ2) is 7.94. The van der Waals surface area contributed by atoms with Crippen LogP contribution in [0, 0.1) is 12.8 Å². The molecular formula is C28H24Cl2N2O2. The predicted octanol–water partition coefficient (Wildman–Crippen LogP) is 6.21. The van der Waals surface area contributed by atoms with Gasteiger partial charge >= 0.3 is 0 Å². The van der Waals surface area contributed by atoms with Crippen LogP contribution in [0.15, 0.2) is 66.7 Å². The zero-order chi connectivity index (χ0) is 23.6. The van der Waals surface area contributed by atoms with E-state index in [1.807, 2.05) is 37.3 Å². The molecule has 0 saturated carbocycles. The minimum Gasteiger partial charge on any atom is -0.324 e. The summed E-state index contributed by atoms with van der Waals surface area (Å²) < 4.78 is 0. The summed E-state index contributed by atoms with van der Waals surface area (Å²) >= 11 is 12.5. The summed E-state index contributed by atoms with van der Waals surface area (Å²) in [6, 6.07) is 21.3. The number of carbonyl (C=O) groups excluding carboxylic acids is 2. The van der Waals surface area contributed by atoms with Crippen LogP contribution >= 0.6 is 23.2 Å². The Morgan fingerprint density at radius 2 is 1.82 bits per heavy atom. The SMILES string of the molecule is Cc1ccc2c(c1)[C@]1(C(=O)N2)C(C(=O)c2ccc(Cl)c(Cl)c2)C(c2ccccc2)C2CCCN21. The number of hydrogen-bond donors (Lipinski definition) is 1. The number of halogens is 2. The van der Waals surface area contributed by atoms with Crippen molar-refractivity contribution in [3.05, 3.63) is 99.0 Å². The third kappa shape index (κ3) is 2.95. The van der Waals surface area contributed by atoms with Crippen LogP contribution in [0.25, 0.3) is 0 Å². The maximum atomic E-state index is 14.4. The molecule has 3 aromatic rings. The van der Waals surface area contributed by atoms with Crippen molar-refractivity contribution < 1.29 is 9.59 Å². The molecule has 0 aromatic heterocycles. The predicted molar refractivity (Wildman–Crippen MR) is 135 cm³/mol. The van der Waals surface area contributed by atoms with E-state index < -0.39 is 11.5 Å². The third-order valence-electron chi connectivity index (χ3n) is 7.83. The summed E-state index contributed by atoms with van der Waals surface area (Å²) in [6.07, 6.45) is 1.94. The van der Waals surface area contributed by atoms with Crippen molar-refractivity contribution in [1.29, 1.82) is 0 Å². The molecule has 1 N–H and O–H groups in total. The smallest absolute Gasteiger partial charge is 0.250 e. The van der Waals surface area contributed by atoms with E-state index in [9.17, 15) is 9.59 Å². The lowest BCUT2D eigenvalue weighted by molar-refractivity contribution is -0.127. The molecule has 3 aliphatic rings. The molecule has 2 fully saturated rings. The average Bonchev–Trinajstić information content (AvgIpc) is 3.49. The molecule has 3 heterocycles.